The SMILES string of the molecule is Cc1cccc(-c2cnc(-c3ccc(-c4cccc(-c5ccc(-c6cc(C)c(-c7cccc(C(F)(F)F)c7)cn6)cc5)c4-c4cc(C)cc(C)c4)cc3)cc2C)c1. The second kappa shape index (κ2) is 15.2. The predicted molar refractivity (Wildman–Crippen MR) is 229 cm³/mol. The Labute approximate surface area is 332 Å². The molecule has 2 nitrogen and oxygen atoms in total. The highest BCUT2D eigenvalue weighted by atomic mass is 19.4. The Morgan fingerprint density at radius 2 is 0.807 bits per heavy atom. The minimum Gasteiger partial charge on any atom is -0.256 e. The van der Waals surface area contributed by atoms with Crippen LogP contribution in [0, 0.1) is 34.6 Å². The molecule has 0 N–H and O–H groups in total. The molecule has 0 spiro atoms. The molecule has 0 unspecified atom stereocenters. The molecule has 8 rings (SSSR count). The molecule has 0 bridgehead atoms. The number of aromatic nitrogens is 2. The van der Waals surface area contributed by atoms with Gasteiger partial charge in [-0.25, -0.2) is 0 Å². The Morgan fingerprint density at radius 3 is 1.28 bits per heavy atom. The lowest BCUT2D eigenvalue weighted by Gasteiger charge is -2.18. The summed E-state index contributed by atoms with van der Waals surface area (Å²) in [5.74, 6) is 0. The topological polar surface area (TPSA) is 25.8 Å². The van der Waals surface area contributed by atoms with Crippen LogP contribution in [0.15, 0.2) is 158 Å². The van der Waals surface area contributed by atoms with E-state index in [9.17, 15) is 13.2 Å². The summed E-state index contributed by atoms with van der Waals surface area (Å²) in [6, 6.07) is 48.2. The Balaban J connectivity index is 1.13. The molecule has 5 heteroatoms. The van der Waals surface area contributed by atoms with Crippen molar-refractivity contribution in [3.63, 3.8) is 0 Å². The molecular weight excluding hydrogens is 710 g/mol. The van der Waals surface area contributed by atoms with Crippen LogP contribution >= 0.6 is 0 Å². The van der Waals surface area contributed by atoms with Gasteiger partial charge in [-0.3, -0.25) is 9.97 Å². The minimum atomic E-state index is -4.41. The molecule has 0 saturated carbocycles. The highest BCUT2D eigenvalue weighted by Crippen LogP contribution is 2.42. The number of alkyl halides is 3. The summed E-state index contributed by atoms with van der Waals surface area (Å²) in [5.41, 5.74) is 18.9. The van der Waals surface area contributed by atoms with Crippen molar-refractivity contribution < 1.29 is 13.2 Å². The Hall–Kier alpha value is -6.59. The maximum atomic E-state index is 13.4. The molecular formula is C52H41F3N2. The van der Waals surface area contributed by atoms with E-state index in [1.807, 2.05) is 19.2 Å². The molecule has 0 saturated heterocycles. The summed E-state index contributed by atoms with van der Waals surface area (Å²) in [7, 11) is 0. The normalized spacial score (nSPS) is 11.5. The highest BCUT2D eigenvalue weighted by molar-refractivity contribution is 5.95. The van der Waals surface area contributed by atoms with E-state index in [2.05, 4.69) is 148 Å². The van der Waals surface area contributed by atoms with Gasteiger partial charge in [0.05, 0.1) is 17.0 Å². The van der Waals surface area contributed by atoms with Gasteiger partial charge in [0.1, 0.15) is 0 Å². The molecule has 280 valence electrons. The molecule has 6 aromatic carbocycles. The van der Waals surface area contributed by atoms with Crippen molar-refractivity contribution in [3.05, 3.63) is 191 Å². The third kappa shape index (κ3) is 7.79. The maximum absolute atomic E-state index is 13.4. The van der Waals surface area contributed by atoms with Gasteiger partial charge in [0, 0.05) is 34.6 Å². The molecule has 8 aromatic rings. The van der Waals surface area contributed by atoms with Gasteiger partial charge in [0.25, 0.3) is 0 Å². The van der Waals surface area contributed by atoms with Gasteiger partial charge in [0.15, 0.2) is 0 Å². The van der Waals surface area contributed by atoms with Crippen molar-refractivity contribution in [3.8, 4) is 78.1 Å². The van der Waals surface area contributed by atoms with E-state index in [0.29, 0.717) is 11.1 Å². The zero-order valence-electron chi connectivity index (χ0n) is 32.5. The first kappa shape index (κ1) is 37.3. The van der Waals surface area contributed by atoms with Crippen molar-refractivity contribution in [2.24, 2.45) is 0 Å². The molecule has 0 aliphatic heterocycles. The van der Waals surface area contributed by atoms with Gasteiger partial charge in [-0.1, -0.05) is 138 Å². The maximum Gasteiger partial charge on any atom is 0.416 e. The molecule has 0 aliphatic carbocycles. The first-order chi connectivity index (χ1) is 27.4. The van der Waals surface area contributed by atoms with E-state index in [-0.39, 0.29) is 0 Å². The number of nitrogens with zero attached hydrogens (tertiary/aromatic N) is 2. The molecule has 2 heterocycles. The van der Waals surface area contributed by atoms with E-state index in [4.69, 9.17) is 4.98 Å². The predicted octanol–water partition coefficient (Wildman–Crippen LogP) is 14.7. The summed E-state index contributed by atoms with van der Waals surface area (Å²) in [4.78, 5) is 9.57. The zero-order valence-corrected chi connectivity index (χ0v) is 32.5. The third-order valence-corrected chi connectivity index (χ3v) is 10.6. The van der Waals surface area contributed by atoms with E-state index < -0.39 is 11.7 Å². The minimum absolute atomic E-state index is 0.490. The molecule has 0 aliphatic rings. The second-order valence-corrected chi connectivity index (χ2v) is 15.0. The molecule has 57 heavy (non-hydrogen) atoms. The van der Waals surface area contributed by atoms with Crippen molar-refractivity contribution >= 4 is 0 Å². The van der Waals surface area contributed by atoms with Crippen molar-refractivity contribution in [2.45, 2.75) is 40.8 Å². The van der Waals surface area contributed by atoms with Crippen LogP contribution in [0.3, 0.4) is 0 Å². The van der Waals surface area contributed by atoms with Crippen LogP contribution in [-0.2, 0) is 6.18 Å². The molecule has 0 fully saturated rings. The Bertz CT molecular complexity index is 2740. The standard InChI is InChI=1S/C52H41F3N2/c1-32-9-6-10-41(24-32)47-30-56-49(27-35(47)4)39-19-15-37(16-20-39)45-13-8-14-46(51(45)43-25-33(2)23-34(3)26-43)38-17-21-40(22-18-38)50-28-36(5)48(31-57-50)42-11-7-12-44(29-42)52(53,54)55/h6-31H,1-5H3. The lowest BCUT2D eigenvalue weighted by Crippen LogP contribution is -2.04. The Kier molecular flexibility index (Phi) is 9.93. The van der Waals surface area contributed by atoms with Gasteiger partial charge in [-0.05, 0) is 115 Å². The average Bonchev–Trinajstić information content (AvgIpc) is 3.20. The van der Waals surface area contributed by atoms with Crippen LogP contribution in [-0.4, -0.2) is 9.97 Å². The number of benzene rings is 6. The van der Waals surface area contributed by atoms with Gasteiger partial charge in [0.2, 0.25) is 0 Å². The molecule has 0 radical (unpaired) electrons. The van der Waals surface area contributed by atoms with Gasteiger partial charge < -0.3 is 0 Å². The van der Waals surface area contributed by atoms with Crippen molar-refractivity contribution in [1.82, 2.24) is 9.97 Å². The summed E-state index contributed by atoms with van der Waals surface area (Å²) < 4.78 is 40.3. The summed E-state index contributed by atoms with van der Waals surface area (Å²) in [5, 5.41) is 0. The van der Waals surface area contributed by atoms with Crippen molar-refractivity contribution in [2.75, 3.05) is 0 Å². The monoisotopic (exact) mass is 750 g/mol. The average molecular weight is 751 g/mol. The van der Waals surface area contributed by atoms with Crippen LogP contribution in [0.1, 0.15) is 33.4 Å². The quantitative estimate of drug-likeness (QED) is 0.162. The van der Waals surface area contributed by atoms with Crippen LogP contribution in [0.5, 0.6) is 0 Å². The highest BCUT2D eigenvalue weighted by Gasteiger charge is 2.30. The second-order valence-electron chi connectivity index (χ2n) is 15.0. The lowest BCUT2D eigenvalue weighted by molar-refractivity contribution is -0.137. The van der Waals surface area contributed by atoms with E-state index in [1.165, 1.54) is 39.9 Å². The fourth-order valence-corrected chi connectivity index (χ4v) is 7.81. The van der Waals surface area contributed by atoms with Gasteiger partial charge in [-0.2, -0.15) is 13.2 Å². The van der Waals surface area contributed by atoms with Crippen LogP contribution < -0.4 is 0 Å². The lowest BCUT2D eigenvalue weighted by atomic mass is 9.86. The van der Waals surface area contributed by atoms with Crippen LogP contribution in [0.2, 0.25) is 0 Å². The van der Waals surface area contributed by atoms with Gasteiger partial charge in [-0.15, -0.1) is 0 Å². The first-order valence-corrected chi connectivity index (χ1v) is 19.0. The van der Waals surface area contributed by atoms with Gasteiger partial charge >= 0.3 is 6.18 Å². The number of pyridine rings is 2. The fourth-order valence-electron chi connectivity index (χ4n) is 7.81. The zero-order chi connectivity index (χ0) is 39.8. The molecule has 0 atom stereocenters. The van der Waals surface area contributed by atoms with Crippen LogP contribution in [0.4, 0.5) is 13.2 Å². The molecule has 2 aromatic heterocycles. The number of hydrogen-bond donors (Lipinski definition) is 0. The van der Waals surface area contributed by atoms with Crippen LogP contribution in [0.25, 0.3) is 78.1 Å². The Morgan fingerprint density at radius 1 is 0.368 bits per heavy atom. The van der Waals surface area contributed by atoms with Crippen molar-refractivity contribution in [1.29, 1.82) is 0 Å². The number of hydrogen-bond acceptors (Lipinski definition) is 2. The number of aryl methyl sites for hydroxylation is 5. The summed E-state index contributed by atoms with van der Waals surface area (Å²) >= 11 is 0. The largest absolute Gasteiger partial charge is 0.416 e. The number of halogens is 3. The summed E-state index contributed by atoms with van der Waals surface area (Å²) in [6.07, 6.45) is -0.764. The van der Waals surface area contributed by atoms with E-state index in [0.717, 1.165) is 73.1 Å². The summed E-state index contributed by atoms with van der Waals surface area (Å²) in [6.45, 7) is 10.4. The first-order valence-electron chi connectivity index (χ1n) is 19.0. The molecule has 0 amide bonds. The van der Waals surface area contributed by atoms with E-state index >= 15 is 0 Å². The fraction of sp³-hybridized carbons (Fsp3) is 0.115. The third-order valence-electron chi connectivity index (χ3n) is 10.6. The number of rotatable bonds is 7. The van der Waals surface area contributed by atoms with E-state index in [1.54, 1.807) is 12.3 Å². The smallest absolute Gasteiger partial charge is 0.256 e.